The van der Waals surface area contributed by atoms with Crippen LogP contribution in [0.4, 0.5) is 0 Å². The maximum atomic E-state index is 12.8. The number of benzene rings is 1. The summed E-state index contributed by atoms with van der Waals surface area (Å²) in [4.78, 5) is 29.8. The normalized spacial score (nSPS) is 15.0. The van der Waals surface area contributed by atoms with Crippen LogP contribution in [0.15, 0.2) is 48.1 Å². The Morgan fingerprint density at radius 3 is 2.63 bits per heavy atom. The summed E-state index contributed by atoms with van der Waals surface area (Å²) in [5.74, 6) is 0.119. The summed E-state index contributed by atoms with van der Waals surface area (Å²) in [5.41, 5.74) is 1.34. The molecule has 27 heavy (non-hydrogen) atoms. The number of rotatable bonds is 5. The van der Waals surface area contributed by atoms with Gasteiger partial charge in [-0.25, -0.2) is 4.68 Å². The minimum atomic E-state index is -0.0193. The van der Waals surface area contributed by atoms with Crippen molar-refractivity contribution in [3.8, 4) is 5.69 Å². The highest BCUT2D eigenvalue weighted by Crippen LogP contribution is 2.14. The lowest BCUT2D eigenvalue weighted by Gasteiger charge is -2.34. The quantitative estimate of drug-likeness (QED) is 0.620. The largest absolute Gasteiger partial charge is 0.336 e. The number of amides is 1. The first kappa shape index (κ1) is 17.5. The molecule has 0 aliphatic carbocycles. The number of hydrogen-bond donors (Lipinski definition) is 0. The van der Waals surface area contributed by atoms with Crippen LogP contribution in [0.2, 0.25) is 0 Å². The minimum absolute atomic E-state index is 0.0193. The Hall–Kier alpha value is -2.91. The number of piperazine rings is 1. The number of tetrazole rings is 1. The number of hydrogen-bond acceptors (Lipinski definition) is 7. The SMILES string of the molecule is O=C(CN1CCN(C(=O)c2cccc(-n3cnnn3)c2)CC1)c1cccs1. The predicted octanol–water partition coefficient (Wildman–Crippen LogP) is 1.36. The molecule has 0 N–H and O–H groups in total. The molecule has 8 nitrogen and oxygen atoms in total. The Morgan fingerprint density at radius 2 is 1.93 bits per heavy atom. The van der Waals surface area contributed by atoms with Crippen LogP contribution in [0, 0.1) is 0 Å². The second kappa shape index (κ2) is 7.77. The number of thiophene rings is 1. The van der Waals surface area contributed by atoms with E-state index in [1.165, 1.54) is 22.3 Å². The summed E-state index contributed by atoms with van der Waals surface area (Å²) in [5, 5.41) is 13.0. The fourth-order valence-electron chi connectivity index (χ4n) is 3.07. The zero-order chi connectivity index (χ0) is 18.6. The van der Waals surface area contributed by atoms with Gasteiger partial charge in [-0.2, -0.15) is 0 Å². The first-order valence-electron chi connectivity index (χ1n) is 8.62. The van der Waals surface area contributed by atoms with E-state index in [2.05, 4.69) is 20.4 Å². The Balaban J connectivity index is 1.36. The van der Waals surface area contributed by atoms with Gasteiger partial charge >= 0.3 is 0 Å². The Bertz CT molecular complexity index is 917. The topological polar surface area (TPSA) is 84.2 Å². The van der Waals surface area contributed by atoms with Crippen LogP contribution >= 0.6 is 11.3 Å². The molecular weight excluding hydrogens is 364 g/mol. The van der Waals surface area contributed by atoms with Gasteiger partial charge in [-0.05, 0) is 40.1 Å². The maximum absolute atomic E-state index is 12.8. The van der Waals surface area contributed by atoms with Crippen molar-refractivity contribution >= 4 is 23.0 Å². The van der Waals surface area contributed by atoms with Crippen molar-refractivity contribution in [2.24, 2.45) is 0 Å². The molecule has 1 aromatic carbocycles. The van der Waals surface area contributed by atoms with Crippen LogP contribution in [-0.2, 0) is 0 Å². The van der Waals surface area contributed by atoms with Gasteiger partial charge in [0.25, 0.3) is 5.91 Å². The first-order valence-corrected chi connectivity index (χ1v) is 9.50. The van der Waals surface area contributed by atoms with Crippen LogP contribution in [0.3, 0.4) is 0 Å². The third kappa shape index (κ3) is 3.93. The molecule has 0 unspecified atom stereocenters. The lowest BCUT2D eigenvalue weighted by molar-refractivity contribution is 0.0625. The molecule has 3 aromatic rings. The molecule has 4 rings (SSSR count). The van der Waals surface area contributed by atoms with Gasteiger partial charge in [-0.15, -0.1) is 16.4 Å². The minimum Gasteiger partial charge on any atom is -0.336 e. The number of carbonyl (C=O) groups is 2. The molecule has 3 heterocycles. The van der Waals surface area contributed by atoms with Crippen molar-refractivity contribution in [2.75, 3.05) is 32.7 Å². The summed E-state index contributed by atoms with van der Waals surface area (Å²) in [6.07, 6.45) is 1.49. The highest BCUT2D eigenvalue weighted by Gasteiger charge is 2.24. The fraction of sp³-hybridized carbons (Fsp3) is 0.278. The van der Waals surface area contributed by atoms with Crippen LogP contribution in [0.25, 0.3) is 5.69 Å². The molecule has 0 bridgehead atoms. The van der Waals surface area contributed by atoms with Gasteiger partial charge in [0, 0.05) is 31.7 Å². The van der Waals surface area contributed by atoms with E-state index in [4.69, 9.17) is 0 Å². The summed E-state index contributed by atoms with van der Waals surface area (Å²) in [7, 11) is 0. The van der Waals surface area contributed by atoms with Crippen LogP contribution in [0.1, 0.15) is 20.0 Å². The van der Waals surface area contributed by atoms with Crippen molar-refractivity contribution in [3.05, 3.63) is 58.5 Å². The molecule has 138 valence electrons. The third-order valence-electron chi connectivity index (χ3n) is 4.53. The highest BCUT2D eigenvalue weighted by atomic mass is 32.1. The monoisotopic (exact) mass is 382 g/mol. The standard InChI is InChI=1S/C18H18N6O2S/c25-16(17-5-2-10-27-17)12-22-6-8-23(9-7-22)18(26)14-3-1-4-15(11-14)24-13-19-20-21-24/h1-5,10-11,13H,6-9,12H2. The van der Waals surface area contributed by atoms with E-state index >= 15 is 0 Å². The van der Waals surface area contributed by atoms with Crippen molar-refractivity contribution in [2.45, 2.75) is 0 Å². The molecule has 1 aliphatic heterocycles. The third-order valence-corrected chi connectivity index (χ3v) is 5.44. The molecule has 0 spiro atoms. The van der Waals surface area contributed by atoms with Gasteiger partial charge in [0.05, 0.1) is 17.1 Å². The van der Waals surface area contributed by atoms with Gasteiger partial charge < -0.3 is 4.90 Å². The maximum Gasteiger partial charge on any atom is 0.254 e. The molecular formula is C18H18N6O2S. The molecule has 0 radical (unpaired) electrons. The molecule has 1 aliphatic rings. The van der Waals surface area contributed by atoms with Gasteiger partial charge in [-0.3, -0.25) is 14.5 Å². The molecule has 2 aromatic heterocycles. The zero-order valence-electron chi connectivity index (χ0n) is 14.6. The van der Waals surface area contributed by atoms with E-state index in [0.29, 0.717) is 38.3 Å². The number of carbonyl (C=O) groups excluding carboxylic acids is 2. The Morgan fingerprint density at radius 1 is 1.07 bits per heavy atom. The first-order chi connectivity index (χ1) is 13.2. The number of aromatic nitrogens is 4. The lowest BCUT2D eigenvalue weighted by Crippen LogP contribution is -2.49. The summed E-state index contributed by atoms with van der Waals surface area (Å²) >= 11 is 1.47. The number of nitrogens with zero attached hydrogens (tertiary/aromatic N) is 6. The van der Waals surface area contributed by atoms with E-state index in [0.717, 1.165) is 10.6 Å². The average molecular weight is 382 g/mol. The Labute approximate surface area is 160 Å². The number of Topliss-reactive ketones (excluding diaryl/α,β-unsaturated/α-hetero) is 1. The summed E-state index contributed by atoms with van der Waals surface area (Å²) < 4.78 is 1.52. The van der Waals surface area contributed by atoms with Gasteiger partial charge in [0.15, 0.2) is 5.78 Å². The van der Waals surface area contributed by atoms with Gasteiger partial charge in [-0.1, -0.05) is 12.1 Å². The fourth-order valence-corrected chi connectivity index (χ4v) is 3.73. The van der Waals surface area contributed by atoms with Crippen molar-refractivity contribution in [1.82, 2.24) is 30.0 Å². The molecule has 9 heteroatoms. The van der Waals surface area contributed by atoms with Crippen LogP contribution in [-0.4, -0.2) is 74.4 Å². The second-order valence-corrected chi connectivity index (χ2v) is 7.22. The van der Waals surface area contributed by atoms with Crippen LogP contribution < -0.4 is 0 Å². The molecule has 1 saturated heterocycles. The molecule has 1 amide bonds. The van der Waals surface area contributed by atoms with Crippen molar-refractivity contribution in [3.63, 3.8) is 0 Å². The molecule has 1 fully saturated rings. The van der Waals surface area contributed by atoms with E-state index in [1.54, 1.807) is 12.1 Å². The summed E-state index contributed by atoms with van der Waals surface area (Å²) in [6, 6.07) is 11.0. The zero-order valence-corrected chi connectivity index (χ0v) is 15.4. The van der Waals surface area contributed by atoms with Gasteiger partial charge in [0.2, 0.25) is 0 Å². The smallest absolute Gasteiger partial charge is 0.254 e. The van der Waals surface area contributed by atoms with Gasteiger partial charge in [0.1, 0.15) is 6.33 Å². The molecule has 0 saturated carbocycles. The Kier molecular flexibility index (Phi) is 5.03. The second-order valence-electron chi connectivity index (χ2n) is 6.27. The van der Waals surface area contributed by atoms with E-state index in [1.807, 2.05) is 34.5 Å². The predicted molar refractivity (Wildman–Crippen MR) is 100 cm³/mol. The van der Waals surface area contributed by atoms with Crippen LogP contribution in [0.5, 0.6) is 0 Å². The average Bonchev–Trinajstić information content (AvgIpc) is 3.42. The number of ketones is 1. The van der Waals surface area contributed by atoms with Crippen molar-refractivity contribution < 1.29 is 9.59 Å². The van der Waals surface area contributed by atoms with E-state index in [-0.39, 0.29) is 11.7 Å². The van der Waals surface area contributed by atoms with Crippen molar-refractivity contribution in [1.29, 1.82) is 0 Å². The summed E-state index contributed by atoms with van der Waals surface area (Å²) in [6.45, 7) is 2.99. The molecule has 0 atom stereocenters. The highest BCUT2D eigenvalue weighted by molar-refractivity contribution is 7.12. The lowest BCUT2D eigenvalue weighted by atomic mass is 10.1. The van der Waals surface area contributed by atoms with E-state index in [9.17, 15) is 9.59 Å². The van der Waals surface area contributed by atoms with E-state index < -0.39 is 0 Å².